The molecule has 16 nitrogen and oxygen atoms in total. The molecule has 0 aromatic heterocycles. The largest absolute Gasteiger partial charge is 0.459 e. The van der Waals surface area contributed by atoms with E-state index < -0.39 is 11.9 Å². The Morgan fingerprint density at radius 3 is 1.17 bits per heavy atom. The topological polar surface area (TPSA) is 227 Å². The molecule has 16 heteroatoms. The molecule has 0 amide bonds. The molecule has 330 valence electrons. The van der Waals surface area contributed by atoms with Crippen molar-refractivity contribution in [2.45, 2.75) is 79.1 Å². The zero-order chi connectivity index (χ0) is 44.2. The van der Waals surface area contributed by atoms with Gasteiger partial charge in [-0.2, -0.15) is 21.0 Å². The Hall–Kier alpha value is -4.78. The molecule has 2 aliphatic carbocycles. The third-order valence-electron chi connectivity index (χ3n) is 9.60. The SMILES string of the molecule is COCCOCCOCCOC(=O)/C(C#N)=C1\CC(C)(C)CC(NCCCCCCNC2=C(C#N)/C(=C(\C#N)C(=O)OCCOCCOCCOC)CC(C)(C)C2)=C1C#N. The van der Waals surface area contributed by atoms with Crippen LogP contribution in [0.4, 0.5) is 0 Å². The van der Waals surface area contributed by atoms with E-state index in [9.17, 15) is 30.6 Å². The monoisotopic (exact) mass is 836 g/mol. The summed E-state index contributed by atoms with van der Waals surface area (Å²) in [7, 11) is 3.18. The van der Waals surface area contributed by atoms with Gasteiger partial charge in [0, 0.05) is 38.7 Å². The minimum atomic E-state index is -0.783. The lowest BCUT2D eigenvalue weighted by atomic mass is 9.73. The first-order chi connectivity index (χ1) is 28.9. The Balaban J connectivity index is 1.93. The number of ether oxygens (including phenoxy) is 8. The quantitative estimate of drug-likeness (QED) is 0.0437. The van der Waals surface area contributed by atoms with E-state index in [0.717, 1.165) is 25.7 Å². The summed E-state index contributed by atoms with van der Waals surface area (Å²) in [5.41, 5.74) is 1.84. The summed E-state index contributed by atoms with van der Waals surface area (Å²) < 4.78 is 42.0. The van der Waals surface area contributed by atoms with Crippen LogP contribution in [0.25, 0.3) is 0 Å². The average molecular weight is 837 g/mol. The van der Waals surface area contributed by atoms with Crippen molar-refractivity contribution >= 4 is 11.9 Å². The molecule has 0 bridgehead atoms. The number of allylic oxidation sites excluding steroid dienone is 6. The third kappa shape index (κ3) is 18.6. The summed E-state index contributed by atoms with van der Waals surface area (Å²) >= 11 is 0. The van der Waals surface area contributed by atoms with Crippen molar-refractivity contribution in [3.8, 4) is 24.3 Å². The highest BCUT2D eigenvalue weighted by Crippen LogP contribution is 2.43. The van der Waals surface area contributed by atoms with Gasteiger partial charge in [0.2, 0.25) is 0 Å². The minimum Gasteiger partial charge on any atom is -0.459 e. The molecule has 0 saturated carbocycles. The molecule has 0 radical (unpaired) electrons. The van der Waals surface area contributed by atoms with Gasteiger partial charge in [-0.1, -0.05) is 40.5 Å². The lowest BCUT2D eigenvalue weighted by Crippen LogP contribution is -2.29. The van der Waals surface area contributed by atoms with Crippen molar-refractivity contribution < 1.29 is 47.5 Å². The number of esters is 2. The molecular weight excluding hydrogens is 773 g/mol. The fourth-order valence-electron chi connectivity index (χ4n) is 6.77. The van der Waals surface area contributed by atoms with E-state index in [1.165, 1.54) is 0 Å². The summed E-state index contributed by atoms with van der Waals surface area (Å²) in [5, 5.41) is 47.1. The van der Waals surface area contributed by atoms with Crippen molar-refractivity contribution in [2.24, 2.45) is 10.8 Å². The molecule has 0 saturated heterocycles. The number of hydrogen-bond donors (Lipinski definition) is 2. The van der Waals surface area contributed by atoms with Gasteiger partial charge in [0.1, 0.15) is 48.6 Å². The van der Waals surface area contributed by atoms with Crippen LogP contribution in [-0.2, 0) is 47.5 Å². The summed E-state index contributed by atoms with van der Waals surface area (Å²) in [6, 6.07) is 8.43. The third-order valence-corrected chi connectivity index (χ3v) is 9.60. The van der Waals surface area contributed by atoms with Crippen LogP contribution in [0.3, 0.4) is 0 Å². The van der Waals surface area contributed by atoms with Crippen LogP contribution in [0.1, 0.15) is 79.1 Å². The highest BCUT2D eigenvalue weighted by Gasteiger charge is 2.36. The van der Waals surface area contributed by atoms with Gasteiger partial charge >= 0.3 is 11.9 Å². The van der Waals surface area contributed by atoms with Crippen LogP contribution < -0.4 is 10.6 Å². The molecule has 0 aliphatic heterocycles. The standard InChI is InChI=1S/C44H64N6O10/c1-43(2)25-33(37(31-47)41(51)59-23-21-57-19-17-55-15-13-53-5)35(29-45)39(27-43)49-11-9-7-8-10-12-50-40-28-44(3,4)26-34(36(40)30-46)38(32-48)42(52)60-24-22-58-20-18-56-16-14-54-6/h49-50H,7-28H2,1-6H3/b37-33+,38-34+. The van der Waals surface area contributed by atoms with Crippen molar-refractivity contribution in [1.29, 1.82) is 21.0 Å². The van der Waals surface area contributed by atoms with E-state index in [4.69, 9.17) is 37.9 Å². The predicted octanol–water partition coefficient (Wildman–Crippen LogP) is 5.01. The number of carbonyl (C=O) groups excluding carboxylic acids is 2. The number of unbranched alkanes of at least 4 members (excludes halogenated alkanes) is 3. The van der Waals surface area contributed by atoms with Crippen molar-refractivity contribution in [2.75, 3.05) is 107 Å². The van der Waals surface area contributed by atoms with E-state index in [1.807, 2.05) is 39.8 Å². The van der Waals surface area contributed by atoms with Gasteiger partial charge in [-0.25, -0.2) is 9.59 Å². The fraction of sp³-hybridized carbons (Fsp3) is 0.682. The van der Waals surface area contributed by atoms with Crippen LogP contribution in [-0.4, -0.2) is 119 Å². The Morgan fingerprint density at radius 2 is 0.850 bits per heavy atom. The van der Waals surface area contributed by atoms with Gasteiger partial charge in [-0.05, 0) is 60.5 Å². The minimum absolute atomic E-state index is 0.0400. The maximum Gasteiger partial charge on any atom is 0.349 e. The molecule has 0 atom stereocenters. The molecular formula is C44H64N6O10. The van der Waals surface area contributed by atoms with Gasteiger partial charge in [0.15, 0.2) is 0 Å². The van der Waals surface area contributed by atoms with E-state index in [1.54, 1.807) is 14.2 Å². The fourth-order valence-corrected chi connectivity index (χ4v) is 6.77. The maximum absolute atomic E-state index is 13.0. The number of rotatable bonds is 29. The molecule has 60 heavy (non-hydrogen) atoms. The zero-order valence-corrected chi connectivity index (χ0v) is 36.4. The normalized spacial score (nSPS) is 17.4. The van der Waals surface area contributed by atoms with Gasteiger partial charge in [-0.3, -0.25) is 0 Å². The predicted molar refractivity (Wildman–Crippen MR) is 220 cm³/mol. The molecule has 0 fully saturated rings. The number of nitrogens with one attached hydrogen (secondary N) is 2. The number of hydrogen-bond acceptors (Lipinski definition) is 16. The van der Waals surface area contributed by atoms with Crippen LogP contribution in [0.2, 0.25) is 0 Å². The Morgan fingerprint density at radius 1 is 0.517 bits per heavy atom. The van der Waals surface area contributed by atoms with Crippen LogP contribution in [0, 0.1) is 56.2 Å². The van der Waals surface area contributed by atoms with Gasteiger partial charge < -0.3 is 48.5 Å². The second-order valence-electron chi connectivity index (χ2n) is 15.9. The molecule has 0 unspecified atom stereocenters. The lowest BCUT2D eigenvalue weighted by Gasteiger charge is -2.34. The Bertz CT molecular complexity index is 1580. The zero-order valence-electron chi connectivity index (χ0n) is 36.4. The second-order valence-corrected chi connectivity index (χ2v) is 15.9. The van der Waals surface area contributed by atoms with E-state index in [0.29, 0.717) is 125 Å². The van der Waals surface area contributed by atoms with Gasteiger partial charge in [-0.15, -0.1) is 0 Å². The van der Waals surface area contributed by atoms with E-state index in [2.05, 4.69) is 22.8 Å². The molecule has 0 aromatic carbocycles. The van der Waals surface area contributed by atoms with Crippen LogP contribution >= 0.6 is 0 Å². The average Bonchev–Trinajstić information content (AvgIpc) is 3.20. The molecule has 0 aromatic rings. The first-order valence-electron chi connectivity index (χ1n) is 20.5. The molecule has 2 aliphatic rings. The van der Waals surface area contributed by atoms with Crippen molar-refractivity contribution in [1.82, 2.24) is 10.6 Å². The molecule has 0 heterocycles. The Kier molecular flexibility index (Phi) is 24.5. The number of methoxy groups -OCH3 is 2. The number of carbonyl (C=O) groups is 2. The molecule has 0 spiro atoms. The van der Waals surface area contributed by atoms with Crippen LogP contribution in [0.5, 0.6) is 0 Å². The summed E-state index contributed by atoms with van der Waals surface area (Å²) in [6.07, 6.45) is 5.36. The first kappa shape index (κ1) is 51.4. The molecule has 2 rings (SSSR count). The lowest BCUT2D eigenvalue weighted by molar-refractivity contribution is -0.141. The van der Waals surface area contributed by atoms with Gasteiger partial charge in [0.05, 0.1) is 77.2 Å². The number of nitrogens with zero attached hydrogens (tertiary/aromatic N) is 4. The van der Waals surface area contributed by atoms with E-state index >= 15 is 0 Å². The van der Waals surface area contributed by atoms with Gasteiger partial charge in [0.25, 0.3) is 0 Å². The maximum atomic E-state index is 13.0. The highest BCUT2D eigenvalue weighted by atomic mass is 16.6. The summed E-state index contributed by atoms with van der Waals surface area (Å²) in [4.78, 5) is 25.9. The molecule has 2 N–H and O–H groups in total. The summed E-state index contributed by atoms with van der Waals surface area (Å²) in [5.74, 6) is -1.57. The first-order valence-corrected chi connectivity index (χ1v) is 20.5. The highest BCUT2D eigenvalue weighted by molar-refractivity contribution is 5.95. The van der Waals surface area contributed by atoms with Crippen molar-refractivity contribution in [3.05, 3.63) is 44.8 Å². The second kappa shape index (κ2) is 28.6. The van der Waals surface area contributed by atoms with Crippen LogP contribution in [0.15, 0.2) is 44.8 Å². The Labute approximate surface area is 356 Å². The smallest absolute Gasteiger partial charge is 0.349 e. The van der Waals surface area contributed by atoms with E-state index in [-0.39, 0.29) is 48.4 Å². The van der Waals surface area contributed by atoms with Crippen molar-refractivity contribution in [3.63, 3.8) is 0 Å². The summed E-state index contributed by atoms with van der Waals surface area (Å²) in [6.45, 7) is 12.9. The number of nitriles is 4.